The highest BCUT2D eigenvalue weighted by atomic mass is 35.5. The number of aryl methyl sites for hydroxylation is 1. The zero-order chi connectivity index (χ0) is 17.2. The first-order chi connectivity index (χ1) is 11.6. The second-order valence-electron chi connectivity index (χ2n) is 5.37. The number of benzene rings is 2. The maximum atomic E-state index is 11.7. The largest absolute Gasteiger partial charge is 0.494 e. The van der Waals surface area contributed by atoms with Crippen LogP contribution in [0.25, 0.3) is 0 Å². The van der Waals surface area contributed by atoms with Gasteiger partial charge in [-0.15, -0.1) is 0 Å². The SMILES string of the molecule is Cc1ccccc1OCCNC(=O)CCCOc1ccc(Cl)cc1. The predicted octanol–water partition coefficient (Wildman–Crippen LogP) is 4.00. The quantitative estimate of drug-likeness (QED) is 0.697. The third-order valence-electron chi connectivity index (χ3n) is 3.41. The molecule has 0 spiro atoms. The Morgan fingerprint density at radius 2 is 1.79 bits per heavy atom. The Kier molecular flexibility index (Phi) is 7.43. The zero-order valence-corrected chi connectivity index (χ0v) is 14.5. The van der Waals surface area contributed by atoms with Crippen molar-refractivity contribution in [1.29, 1.82) is 0 Å². The summed E-state index contributed by atoms with van der Waals surface area (Å²) >= 11 is 5.80. The van der Waals surface area contributed by atoms with E-state index in [2.05, 4.69) is 5.32 Å². The van der Waals surface area contributed by atoms with Gasteiger partial charge in [0, 0.05) is 11.4 Å². The summed E-state index contributed by atoms with van der Waals surface area (Å²) in [4.78, 5) is 11.7. The summed E-state index contributed by atoms with van der Waals surface area (Å²) in [6.45, 7) is 3.44. The lowest BCUT2D eigenvalue weighted by atomic mass is 10.2. The minimum atomic E-state index is 0.00286. The van der Waals surface area contributed by atoms with Crippen LogP contribution in [-0.2, 0) is 4.79 Å². The highest BCUT2D eigenvalue weighted by Crippen LogP contribution is 2.16. The Hall–Kier alpha value is -2.20. The number of hydrogen-bond acceptors (Lipinski definition) is 3. The molecule has 1 amide bonds. The van der Waals surface area contributed by atoms with Crippen molar-refractivity contribution in [2.24, 2.45) is 0 Å². The molecule has 5 heteroatoms. The molecule has 0 bridgehead atoms. The first-order valence-corrected chi connectivity index (χ1v) is 8.36. The van der Waals surface area contributed by atoms with Crippen LogP contribution in [0.4, 0.5) is 0 Å². The number of hydrogen-bond donors (Lipinski definition) is 1. The number of nitrogens with one attached hydrogen (secondary N) is 1. The molecule has 0 aliphatic carbocycles. The van der Waals surface area contributed by atoms with Gasteiger partial charge in [-0.05, 0) is 49.2 Å². The van der Waals surface area contributed by atoms with Gasteiger partial charge in [-0.3, -0.25) is 4.79 Å². The topological polar surface area (TPSA) is 47.6 Å². The van der Waals surface area contributed by atoms with Crippen molar-refractivity contribution >= 4 is 17.5 Å². The van der Waals surface area contributed by atoms with Crippen molar-refractivity contribution in [1.82, 2.24) is 5.32 Å². The normalized spacial score (nSPS) is 10.2. The Balaban J connectivity index is 1.53. The van der Waals surface area contributed by atoms with E-state index in [1.807, 2.05) is 43.3 Å². The molecule has 0 fully saturated rings. The van der Waals surface area contributed by atoms with Gasteiger partial charge in [0.2, 0.25) is 5.91 Å². The standard InChI is InChI=1S/C19H22ClNO3/c1-15-5-2-3-6-18(15)24-14-12-21-19(22)7-4-13-23-17-10-8-16(20)9-11-17/h2-3,5-6,8-11H,4,7,12-14H2,1H3,(H,21,22). The number of carbonyl (C=O) groups excluding carboxylic acids is 1. The van der Waals surface area contributed by atoms with Crippen molar-refractivity contribution < 1.29 is 14.3 Å². The number of ether oxygens (including phenoxy) is 2. The lowest BCUT2D eigenvalue weighted by molar-refractivity contribution is -0.121. The molecule has 0 aliphatic heterocycles. The van der Waals surface area contributed by atoms with E-state index >= 15 is 0 Å². The van der Waals surface area contributed by atoms with E-state index in [1.54, 1.807) is 12.1 Å². The van der Waals surface area contributed by atoms with Gasteiger partial charge in [0.1, 0.15) is 18.1 Å². The van der Waals surface area contributed by atoms with Gasteiger partial charge in [0.05, 0.1) is 13.2 Å². The molecule has 24 heavy (non-hydrogen) atoms. The summed E-state index contributed by atoms with van der Waals surface area (Å²) < 4.78 is 11.2. The number of rotatable bonds is 9. The maximum Gasteiger partial charge on any atom is 0.220 e. The van der Waals surface area contributed by atoms with Gasteiger partial charge in [0.25, 0.3) is 0 Å². The monoisotopic (exact) mass is 347 g/mol. The average Bonchev–Trinajstić information content (AvgIpc) is 2.58. The van der Waals surface area contributed by atoms with Crippen molar-refractivity contribution in [3.8, 4) is 11.5 Å². The van der Waals surface area contributed by atoms with Crippen LogP contribution >= 0.6 is 11.6 Å². The third-order valence-corrected chi connectivity index (χ3v) is 3.66. The minimum Gasteiger partial charge on any atom is -0.494 e. The molecule has 0 saturated heterocycles. The smallest absolute Gasteiger partial charge is 0.220 e. The fourth-order valence-corrected chi connectivity index (χ4v) is 2.24. The minimum absolute atomic E-state index is 0.00286. The molecule has 1 N–H and O–H groups in total. The Bertz CT molecular complexity index is 643. The van der Waals surface area contributed by atoms with Crippen LogP contribution in [0.2, 0.25) is 5.02 Å². The first kappa shape index (κ1) is 18.1. The van der Waals surface area contributed by atoms with Crippen LogP contribution in [0.1, 0.15) is 18.4 Å². The summed E-state index contributed by atoms with van der Waals surface area (Å²) in [5.74, 6) is 1.61. The van der Waals surface area contributed by atoms with E-state index in [1.165, 1.54) is 0 Å². The molecule has 2 aromatic carbocycles. The zero-order valence-electron chi connectivity index (χ0n) is 13.8. The predicted molar refractivity (Wildman–Crippen MR) is 95.9 cm³/mol. The van der Waals surface area contributed by atoms with Crippen molar-refractivity contribution in [3.63, 3.8) is 0 Å². The molecule has 0 saturated carbocycles. The van der Waals surface area contributed by atoms with Gasteiger partial charge < -0.3 is 14.8 Å². The van der Waals surface area contributed by atoms with E-state index in [-0.39, 0.29) is 5.91 Å². The van der Waals surface area contributed by atoms with Crippen LogP contribution in [0.15, 0.2) is 48.5 Å². The fraction of sp³-hybridized carbons (Fsp3) is 0.316. The highest BCUT2D eigenvalue weighted by Gasteiger charge is 2.02. The number of halogens is 1. The van der Waals surface area contributed by atoms with E-state index < -0.39 is 0 Å². The molecule has 0 atom stereocenters. The second kappa shape index (κ2) is 9.83. The number of carbonyl (C=O) groups is 1. The van der Waals surface area contributed by atoms with E-state index in [4.69, 9.17) is 21.1 Å². The highest BCUT2D eigenvalue weighted by molar-refractivity contribution is 6.30. The van der Waals surface area contributed by atoms with Gasteiger partial charge in [0.15, 0.2) is 0 Å². The lowest BCUT2D eigenvalue weighted by Gasteiger charge is -2.10. The van der Waals surface area contributed by atoms with Crippen LogP contribution in [0.3, 0.4) is 0 Å². The van der Waals surface area contributed by atoms with Crippen molar-refractivity contribution in [2.45, 2.75) is 19.8 Å². The summed E-state index contributed by atoms with van der Waals surface area (Å²) in [5, 5.41) is 3.52. The summed E-state index contributed by atoms with van der Waals surface area (Å²) in [7, 11) is 0. The van der Waals surface area contributed by atoms with Crippen LogP contribution in [-0.4, -0.2) is 25.7 Å². The molecule has 2 aromatic rings. The molecule has 0 heterocycles. The molecule has 0 aromatic heterocycles. The van der Waals surface area contributed by atoms with E-state index in [0.717, 1.165) is 17.1 Å². The average molecular weight is 348 g/mol. The molecule has 0 radical (unpaired) electrons. The van der Waals surface area contributed by atoms with Gasteiger partial charge in [-0.2, -0.15) is 0 Å². The van der Waals surface area contributed by atoms with E-state index in [0.29, 0.717) is 37.6 Å². The second-order valence-corrected chi connectivity index (χ2v) is 5.81. The van der Waals surface area contributed by atoms with E-state index in [9.17, 15) is 4.79 Å². The molecule has 0 unspecified atom stereocenters. The van der Waals surface area contributed by atoms with Crippen molar-refractivity contribution in [3.05, 3.63) is 59.1 Å². The number of para-hydroxylation sites is 1. The third kappa shape index (κ3) is 6.50. The van der Waals surface area contributed by atoms with Crippen LogP contribution in [0, 0.1) is 6.92 Å². The molecular weight excluding hydrogens is 326 g/mol. The van der Waals surface area contributed by atoms with Gasteiger partial charge >= 0.3 is 0 Å². The van der Waals surface area contributed by atoms with Crippen LogP contribution in [0.5, 0.6) is 11.5 Å². The van der Waals surface area contributed by atoms with Gasteiger partial charge in [-0.25, -0.2) is 0 Å². The molecular formula is C19H22ClNO3. The first-order valence-electron chi connectivity index (χ1n) is 7.98. The fourth-order valence-electron chi connectivity index (χ4n) is 2.11. The summed E-state index contributed by atoms with van der Waals surface area (Å²) in [6, 6.07) is 15.0. The molecule has 4 nitrogen and oxygen atoms in total. The van der Waals surface area contributed by atoms with Crippen molar-refractivity contribution in [2.75, 3.05) is 19.8 Å². The maximum absolute atomic E-state index is 11.7. The summed E-state index contributed by atoms with van der Waals surface area (Å²) in [5.41, 5.74) is 1.09. The molecule has 2 rings (SSSR count). The Morgan fingerprint density at radius 3 is 2.54 bits per heavy atom. The summed E-state index contributed by atoms with van der Waals surface area (Å²) in [6.07, 6.45) is 1.09. The van der Waals surface area contributed by atoms with Gasteiger partial charge in [-0.1, -0.05) is 29.8 Å². The molecule has 0 aliphatic rings. The molecule has 128 valence electrons. The Labute approximate surface area is 147 Å². The van der Waals surface area contributed by atoms with Crippen LogP contribution < -0.4 is 14.8 Å². The number of amides is 1. The Morgan fingerprint density at radius 1 is 1.04 bits per heavy atom. The lowest BCUT2D eigenvalue weighted by Crippen LogP contribution is -2.28.